The maximum atomic E-state index is 11.7. The van der Waals surface area contributed by atoms with Gasteiger partial charge in [0, 0.05) is 12.3 Å². The number of fused-ring (bicyclic) bond motifs is 5. The molecule has 4 rings (SSSR count). The van der Waals surface area contributed by atoms with Crippen LogP contribution >= 0.6 is 0 Å². The topological polar surface area (TPSA) is 37.3 Å². The van der Waals surface area contributed by atoms with Crippen molar-refractivity contribution in [1.29, 1.82) is 0 Å². The Hall–Kier alpha value is -1.93. The van der Waals surface area contributed by atoms with Gasteiger partial charge < -0.3 is 5.11 Å². The monoisotopic (exact) mass is 306 g/mol. The molecule has 1 N–H and O–H groups in total. The van der Waals surface area contributed by atoms with Crippen molar-refractivity contribution in [1.82, 2.24) is 0 Å². The van der Waals surface area contributed by atoms with E-state index in [-0.39, 0.29) is 18.1 Å². The number of hydrogen-bond donors (Lipinski definition) is 1. The largest absolute Gasteiger partial charge is 0.389 e. The SMILES string of the molecule is CC(=O)CC1(O)CCCC2C=Cc3c(ccc4ccccc34)C21. The molecule has 0 spiro atoms. The van der Waals surface area contributed by atoms with E-state index in [1.54, 1.807) is 6.92 Å². The molecule has 3 unspecified atom stereocenters. The first kappa shape index (κ1) is 14.6. The smallest absolute Gasteiger partial charge is 0.132 e. The number of carbonyl (C=O) groups excluding carboxylic acids is 1. The van der Waals surface area contributed by atoms with E-state index in [0.29, 0.717) is 12.3 Å². The van der Waals surface area contributed by atoms with Gasteiger partial charge in [-0.3, -0.25) is 4.79 Å². The summed E-state index contributed by atoms with van der Waals surface area (Å²) in [4.78, 5) is 11.7. The molecule has 2 aromatic rings. The summed E-state index contributed by atoms with van der Waals surface area (Å²) in [5.74, 6) is 0.441. The average molecular weight is 306 g/mol. The van der Waals surface area contributed by atoms with E-state index >= 15 is 0 Å². The van der Waals surface area contributed by atoms with Gasteiger partial charge in [0.2, 0.25) is 0 Å². The number of benzene rings is 2. The van der Waals surface area contributed by atoms with Gasteiger partial charge in [-0.1, -0.05) is 48.6 Å². The third-order valence-corrected chi connectivity index (χ3v) is 5.56. The average Bonchev–Trinajstić information content (AvgIpc) is 2.53. The van der Waals surface area contributed by atoms with Crippen molar-refractivity contribution in [2.45, 2.75) is 44.1 Å². The lowest BCUT2D eigenvalue weighted by Gasteiger charge is -2.46. The molecular weight excluding hydrogens is 284 g/mol. The minimum absolute atomic E-state index is 0.0322. The second kappa shape index (κ2) is 5.31. The third kappa shape index (κ3) is 2.33. The van der Waals surface area contributed by atoms with Gasteiger partial charge in [-0.05, 0) is 54.0 Å². The molecule has 2 heteroatoms. The first-order valence-electron chi connectivity index (χ1n) is 8.50. The number of Topliss-reactive ketones (excluding diaryl/α,β-unsaturated/α-hetero) is 1. The lowest BCUT2D eigenvalue weighted by atomic mass is 9.61. The van der Waals surface area contributed by atoms with Crippen LogP contribution in [0.4, 0.5) is 0 Å². The number of ketones is 1. The Bertz CT molecular complexity index is 805. The molecule has 3 atom stereocenters. The van der Waals surface area contributed by atoms with Gasteiger partial charge in [0.05, 0.1) is 5.60 Å². The summed E-state index contributed by atoms with van der Waals surface area (Å²) in [5.41, 5.74) is 1.52. The number of rotatable bonds is 2. The lowest BCUT2D eigenvalue weighted by molar-refractivity contribution is -0.125. The van der Waals surface area contributed by atoms with Crippen LogP contribution in [-0.2, 0) is 4.79 Å². The normalized spacial score (nSPS) is 29.1. The van der Waals surface area contributed by atoms with Crippen molar-refractivity contribution in [3.8, 4) is 0 Å². The fourth-order valence-corrected chi connectivity index (χ4v) is 4.71. The molecule has 2 aliphatic carbocycles. The van der Waals surface area contributed by atoms with Crippen LogP contribution in [0.2, 0.25) is 0 Å². The van der Waals surface area contributed by atoms with Gasteiger partial charge in [0.1, 0.15) is 5.78 Å². The fourth-order valence-electron chi connectivity index (χ4n) is 4.71. The molecule has 0 amide bonds. The van der Waals surface area contributed by atoms with Crippen LogP contribution in [0.25, 0.3) is 16.8 Å². The molecule has 0 bridgehead atoms. The Morgan fingerprint density at radius 1 is 1.26 bits per heavy atom. The van der Waals surface area contributed by atoms with Crippen molar-refractivity contribution < 1.29 is 9.90 Å². The Balaban J connectivity index is 1.90. The maximum absolute atomic E-state index is 11.7. The zero-order valence-corrected chi connectivity index (χ0v) is 13.5. The van der Waals surface area contributed by atoms with Crippen LogP contribution in [0.1, 0.15) is 49.7 Å². The van der Waals surface area contributed by atoms with Crippen molar-refractivity contribution >= 4 is 22.6 Å². The Morgan fingerprint density at radius 3 is 2.91 bits per heavy atom. The van der Waals surface area contributed by atoms with Crippen molar-refractivity contribution in [3.63, 3.8) is 0 Å². The summed E-state index contributed by atoms with van der Waals surface area (Å²) in [7, 11) is 0. The van der Waals surface area contributed by atoms with Gasteiger partial charge in [-0.2, -0.15) is 0 Å². The van der Waals surface area contributed by atoms with Crippen molar-refractivity contribution in [3.05, 3.63) is 53.6 Å². The number of carbonyl (C=O) groups is 1. The molecule has 2 aromatic carbocycles. The second-order valence-corrected chi connectivity index (χ2v) is 7.16. The summed E-state index contributed by atoms with van der Waals surface area (Å²) in [6.45, 7) is 1.58. The summed E-state index contributed by atoms with van der Waals surface area (Å²) in [5, 5.41) is 13.8. The molecule has 0 radical (unpaired) electrons. The highest BCUT2D eigenvalue weighted by Crippen LogP contribution is 2.51. The van der Waals surface area contributed by atoms with E-state index < -0.39 is 5.60 Å². The molecule has 0 saturated heterocycles. The van der Waals surface area contributed by atoms with E-state index in [1.807, 2.05) is 0 Å². The molecule has 0 aliphatic heterocycles. The van der Waals surface area contributed by atoms with Crippen LogP contribution in [0.15, 0.2) is 42.5 Å². The molecule has 2 nitrogen and oxygen atoms in total. The van der Waals surface area contributed by atoms with Crippen LogP contribution < -0.4 is 0 Å². The van der Waals surface area contributed by atoms with Crippen LogP contribution in [0.5, 0.6) is 0 Å². The van der Waals surface area contributed by atoms with E-state index in [9.17, 15) is 9.90 Å². The van der Waals surface area contributed by atoms with Crippen LogP contribution in [0.3, 0.4) is 0 Å². The minimum Gasteiger partial charge on any atom is -0.389 e. The molecule has 0 heterocycles. The highest BCUT2D eigenvalue weighted by atomic mass is 16.3. The number of allylic oxidation sites excluding steroid dienone is 1. The summed E-state index contributed by atoms with van der Waals surface area (Å²) >= 11 is 0. The summed E-state index contributed by atoms with van der Waals surface area (Å²) in [6.07, 6.45) is 7.52. The lowest BCUT2D eigenvalue weighted by Crippen LogP contribution is -2.45. The molecule has 2 aliphatic rings. The standard InChI is InChI=1S/C21H22O2/c1-14(22)13-21(23)12-4-6-16-9-10-18-17-7-3-2-5-15(17)8-11-19(18)20(16)21/h2-3,5,7-11,16,20,23H,4,6,12-13H2,1H3. The van der Waals surface area contributed by atoms with Crippen LogP contribution in [0, 0.1) is 5.92 Å². The number of aliphatic hydroxyl groups is 1. The predicted octanol–water partition coefficient (Wildman–Crippen LogP) is 4.46. The molecule has 0 aromatic heterocycles. The van der Waals surface area contributed by atoms with Gasteiger partial charge >= 0.3 is 0 Å². The Labute approximate surface area is 136 Å². The Kier molecular flexibility index (Phi) is 3.38. The van der Waals surface area contributed by atoms with Gasteiger partial charge in [-0.25, -0.2) is 0 Å². The highest BCUT2D eigenvalue weighted by Gasteiger charge is 2.46. The Morgan fingerprint density at radius 2 is 2.09 bits per heavy atom. The summed E-state index contributed by atoms with van der Waals surface area (Å²) < 4.78 is 0. The molecular formula is C21H22O2. The quantitative estimate of drug-likeness (QED) is 0.889. The fraction of sp³-hybridized carbons (Fsp3) is 0.381. The third-order valence-electron chi connectivity index (χ3n) is 5.56. The van der Waals surface area contributed by atoms with Crippen LogP contribution in [-0.4, -0.2) is 16.5 Å². The van der Waals surface area contributed by atoms with Crippen molar-refractivity contribution in [2.24, 2.45) is 5.92 Å². The molecule has 1 fully saturated rings. The first-order valence-corrected chi connectivity index (χ1v) is 8.50. The maximum Gasteiger partial charge on any atom is 0.132 e. The number of hydrogen-bond acceptors (Lipinski definition) is 2. The van der Waals surface area contributed by atoms with Crippen molar-refractivity contribution in [2.75, 3.05) is 0 Å². The minimum atomic E-state index is -0.906. The highest BCUT2D eigenvalue weighted by molar-refractivity contribution is 5.93. The van der Waals surface area contributed by atoms with Gasteiger partial charge in [-0.15, -0.1) is 0 Å². The van der Waals surface area contributed by atoms with E-state index in [1.165, 1.54) is 21.9 Å². The first-order chi connectivity index (χ1) is 11.1. The van der Waals surface area contributed by atoms with E-state index in [2.05, 4.69) is 48.6 Å². The summed E-state index contributed by atoms with van der Waals surface area (Å²) in [6, 6.07) is 12.7. The molecule has 1 saturated carbocycles. The van der Waals surface area contributed by atoms with E-state index in [0.717, 1.165) is 12.8 Å². The molecule has 118 valence electrons. The zero-order chi connectivity index (χ0) is 16.0. The predicted molar refractivity (Wildman–Crippen MR) is 93.3 cm³/mol. The van der Waals surface area contributed by atoms with Gasteiger partial charge in [0.15, 0.2) is 0 Å². The van der Waals surface area contributed by atoms with E-state index in [4.69, 9.17) is 0 Å². The van der Waals surface area contributed by atoms with Gasteiger partial charge in [0.25, 0.3) is 0 Å². The zero-order valence-electron chi connectivity index (χ0n) is 13.5. The molecule has 23 heavy (non-hydrogen) atoms. The second-order valence-electron chi connectivity index (χ2n) is 7.16.